The number of methoxy groups -OCH3 is 2. The molecule has 1 aromatic carbocycles. The van der Waals surface area contributed by atoms with Crippen LogP contribution < -0.4 is 15.2 Å². The predicted molar refractivity (Wildman–Crippen MR) is 50.8 cm³/mol. The SMILES string of the molecule is C=c1cccc(OC)/c1=C(\O)OC. The number of ether oxygens (including phenoxy) is 2. The average molecular weight is 180 g/mol. The molecule has 0 saturated heterocycles. The summed E-state index contributed by atoms with van der Waals surface area (Å²) in [4.78, 5) is 0. The molecule has 3 nitrogen and oxygen atoms in total. The maximum Gasteiger partial charge on any atom is 0.288 e. The zero-order valence-electron chi connectivity index (χ0n) is 7.70. The summed E-state index contributed by atoms with van der Waals surface area (Å²) in [5.74, 6) is 0.370. The van der Waals surface area contributed by atoms with E-state index in [1.807, 2.05) is 0 Å². The first kappa shape index (κ1) is 9.45. The van der Waals surface area contributed by atoms with Gasteiger partial charge in [0.25, 0.3) is 5.95 Å². The third-order valence-corrected chi connectivity index (χ3v) is 1.74. The van der Waals surface area contributed by atoms with E-state index in [0.29, 0.717) is 16.2 Å². The van der Waals surface area contributed by atoms with Crippen LogP contribution in [0.5, 0.6) is 5.75 Å². The van der Waals surface area contributed by atoms with E-state index in [1.165, 1.54) is 14.2 Å². The molecule has 0 unspecified atom stereocenters. The molecule has 0 aromatic heterocycles. The molecule has 3 heteroatoms. The third-order valence-electron chi connectivity index (χ3n) is 1.74. The van der Waals surface area contributed by atoms with Crippen LogP contribution in [0.1, 0.15) is 0 Å². The first-order chi connectivity index (χ1) is 6.20. The standard InChI is InChI=1S/C10H12O3/c1-7-5-4-6-8(12-2)9(7)10(11)13-3/h4-6,11H,1H2,2-3H3/b10-9+. The molecule has 70 valence electrons. The lowest BCUT2D eigenvalue weighted by molar-refractivity contribution is 0.229. The van der Waals surface area contributed by atoms with E-state index in [9.17, 15) is 5.11 Å². The van der Waals surface area contributed by atoms with E-state index >= 15 is 0 Å². The number of aliphatic hydroxyl groups excluding tert-OH is 1. The van der Waals surface area contributed by atoms with Crippen molar-refractivity contribution in [3.05, 3.63) is 28.6 Å². The summed E-state index contributed by atoms with van der Waals surface area (Å²) in [6, 6.07) is 5.31. The molecule has 0 bridgehead atoms. The molecule has 1 N–H and O–H groups in total. The van der Waals surface area contributed by atoms with Crippen molar-refractivity contribution in [1.29, 1.82) is 0 Å². The predicted octanol–water partition coefficient (Wildman–Crippen LogP) is 0.376. The van der Waals surface area contributed by atoms with Crippen molar-refractivity contribution in [3.63, 3.8) is 0 Å². The molecule has 0 radical (unpaired) electrons. The Balaban J connectivity index is 3.59. The third kappa shape index (κ3) is 1.75. The van der Waals surface area contributed by atoms with Crippen LogP contribution in [0.15, 0.2) is 18.2 Å². The second-order valence-electron chi connectivity index (χ2n) is 2.50. The van der Waals surface area contributed by atoms with Crippen LogP contribution in [0.25, 0.3) is 12.5 Å². The molecular formula is C10H12O3. The van der Waals surface area contributed by atoms with Crippen LogP contribution in [0.2, 0.25) is 0 Å². The highest BCUT2D eigenvalue weighted by Crippen LogP contribution is 1.99. The highest BCUT2D eigenvalue weighted by atomic mass is 16.6. The van der Waals surface area contributed by atoms with Crippen molar-refractivity contribution in [1.82, 2.24) is 0 Å². The highest BCUT2D eigenvalue weighted by Gasteiger charge is 2.01. The van der Waals surface area contributed by atoms with Crippen LogP contribution in [-0.4, -0.2) is 19.3 Å². The molecule has 0 atom stereocenters. The van der Waals surface area contributed by atoms with E-state index in [0.717, 1.165) is 0 Å². The molecule has 1 aromatic rings. The minimum atomic E-state index is -0.178. The van der Waals surface area contributed by atoms with Crippen molar-refractivity contribution in [3.8, 4) is 5.75 Å². The Kier molecular flexibility index (Phi) is 2.80. The molecule has 0 aliphatic heterocycles. The topological polar surface area (TPSA) is 38.7 Å². The monoisotopic (exact) mass is 180 g/mol. The first-order valence-electron chi connectivity index (χ1n) is 3.80. The molecule has 0 amide bonds. The van der Waals surface area contributed by atoms with Gasteiger partial charge in [0.1, 0.15) is 11.0 Å². The number of benzene rings is 1. The molecule has 0 spiro atoms. The lowest BCUT2D eigenvalue weighted by Crippen LogP contribution is -2.27. The van der Waals surface area contributed by atoms with Crippen molar-refractivity contribution in [2.75, 3.05) is 14.2 Å². The van der Waals surface area contributed by atoms with Gasteiger partial charge in [-0.15, -0.1) is 0 Å². The summed E-state index contributed by atoms with van der Waals surface area (Å²) in [6.07, 6.45) is 0. The van der Waals surface area contributed by atoms with Crippen LogP contribution in [0.3, 0.4) is 0 Å². The van der Waals surface area contributed by atoms with Gasteiger partial charge in [0, 0.05) is 0 Å². The first-order valence-corrected chi connectivity index (χ1v) is 3.80. The Bertz CT molecular complexity index is 395. The fourth-order valence-electron chi connectivity index (χ4n) is 1.09. The van der Waals surface area contributed by atoms with Crippen LogP contribution in [0, 0.1) is 0 Å². The Labute approximate surface area is 76.5 Å². The number of hydrogen-bond donors (Lipinski definition) is 1. The van der Waals surface area contributed by atoms with Crippen LogP contribution in [0.4, 0.5) is 0 Å². The molecule has 0 aliphatic carbocycles. The minimum absolute atomic E-state index is 0.178. The highest BCUT2D eigenvalue weighted by molar-refractivity contribution is 5.38. The van der Waals surface area contributed by atoms with Crippen LogP contribution in [-0.2, 0) is 4.74 Å². The Morgan fingerprint density at radius 1 is 1.38 bits per heavy atom. The Morgan fingerprint density at radius 2 is 2.08 bits per heavy atom. The molecule has 0 heterocycles. The zero-order valence-corrected chi connectivity index (χ0v) is 7.70. The van der Waals surface area contributed by atoms with Gasteiger partial charge in [-0.2, -0.15) is 0 Å². The van der Waals surface area contributed by atoms with Gasteiger partial charge in [-0.1, -0.05) is 18.7 Å². The maximum atomic E-state index is 9.40. The van der Waals surface area contributed by atoms with E-state index < -0.39 is 0 Å². The summed E-state index contributed by atoms with van der Waals surface area (Å²) >= 11 is 0. The van der Waals surface area contributed by atoms with E-state index in [1.54, 1.807) is 18.2 Å². The van der Waals surface area contributed by atoms with Gasteiger partial charge >= 0.3 is 0 Å². The summed E-state index contributed by atoms with van der Waals surface area (Å²) in [7, 11) is 2.92. The Hall–Kier alpha value is -1.64. The van der Waals surface area contributed by atoms with Gasteiger partial charge in [0.05, 0.1) is 14.2 Å². The smallest absolute Gasteiger partial charge is 0.288 e. The van der Waals surface area contributed by atoms with Gasteiger partial charge in [0.15, 0.2) is 0 Å². The van der Waals surface area contributed by atoms with Crippen molar-refractivity contribution >= 4 is 12.5 Å². The molecule has 1 rings (SSSR count). The lowest BCUT2D eigenvalue weighted by atomic mass is 10.2. The Morgan fingerprint density at radius 3 is 2.62 bits per heavy atom. The largest absolute Gasteiger partial charge is 0.496 e. The molecule has 13 heavy (non-hydrogen) atoms. The lowest BCUT2D eigenvalue weighted by Gasteiger charge is -2.03. The number of aliphatic hydroxyl groups is 1. The average Bonchev–Trinajstić information content (AvgIpc) is 2.16. The van der Waals surface area contributed by atoms with Gasteiger partial charge in [-0.25, -0.2) is 0 Å². The van der Waals surface area contributed by atoms with Crippen molar-refractivity contribution in [2.24, 2.45) is 0 Å². The second-order valence-corrected chi connectivity index (χ2v) is 2.50. The summed E-state index contributed by atoms with van der Waals surface area (Å²) < 4.78 is 9.76. The summed E-state index contributed by atoms with van der Waals surface area (Å²) in [6.45, 7) is 3.76. The van der Waals surface area contributed by atoms with Gasteiger partial charge in [0.2, 0.25) is 0 Å². The molecule has 0 aliphatic rings. The van der Waals surface area contributed by atoms with Gasteiger partial charge < -0.3 is 14.6 Å². The quantitative estimate of drug-likeness (QED) is 0.715. The zero-order chi connectivity index (χ0) is 9.84. The van der Waals surface area contributed by atoms with Crippen molar-refractivity contribution in [2.45, 2.75) is 0 Å². The normalized spacial score (nSPS) is 12.2. The molecule has 0 saturated carbocycles. The molecular weight excluding hydrogens is 168 g/mol. The van der Waals surface area contributed by atoms with Crippen molar-refractivity contribution < 1.29 is 14.6 Å². The van der Waals surface area contributed by atoms with E-state index in [2.05, 4.69) is 6.58 Å². The van der Waals surface area contributed by atoms with E-state index in [-0.39, 0.29) is 5.95 Å². The fourth-order valence-corrected chi connectivity index (χ4v) is 1.09. The second kappa shape index (κ2) is 3.85. The number of hydrogen-bond acceptors (Lipinski definition) is 3. The summed E-state index contributed by atoms with van der Waals surface area (Å²) in [5, 5.41) is 10.6. The minimum Gasteiger partial charge on any atom is -0.496 e. The maximum absolute atomic E-state index is 9.40. The van der Waals surface area contributed by atoms with Gasteiger partial charge in [-0.3, -0.25) is 0 Å². The van der Waals surface area contributed by atoms with Crippen LogP contribution >= 0.6 is 0 Å². The number of rotatable bonds is 2. The molecule has 0 fully saturated rings. The van der Waals surface area contributed by atoms with Gasteiger partial charge in [-0.05, 0) is 11.3 Å². The fraction of sp³-hybridized carbons (Fsp3) is 0.200. The summed E-state index contributed by atoms with van der Waals surface area (Å²) in [5.41, 5.74) is 0. The van der Waals surface area contributed by atoms with E-state index in [4.69, 9.17) is 9.47 Å².